The lowest BCUT2D eigenvalue weighted by Crippen LogP contribution is -3.10. The summed E-state index contributed by atoms with van der Waals surface area (Å²) in [6.45, 7) is 0.691. The number of quaternary nitrogens is 1. The minimum atomic E-state index is -0.873. The molecule has 3 aromatic rings. The average molecular weight is 483 g/mol. The molecule has 184 valence electrons. The summed E-state index contributed by atoms with van der Waals surface area (Å²) in [7, 11) is 6.29. The number of likely N-dealkylation sites (N-methyl/N-ethyl adjacent to an activating group) is 1. The molecule has 0 saturated carbocycles. The van der Waals surface area contributed by atoms with E-state index in [1.807, 2.05) is 13.1 Å². The first kappa shape index (κ1) is 22.7. The Bertz CT molecular complexity index is 1430. The van der Waals surface area contributed by atoms with Gasteiger partial charge in [0.15, 0.2) is 11.5 Å². The SMILES string of the molecule is COc1ccc(OC)c(-n2c([O-])c(C3c4c(cc5c(c4OC)OCO5)CC[NH+]3C)c(=O)[nH]c2=O)c1. The van der Waals surface area contributed by atoms with Gasteiger partial charge in [-0.3, -0.25) is 14.3 Å². The van der Waals surface area contributed by atoms with E-state index in [1.165, 1.54) is 27.4 Å². The van der Waals surface area contributed by atoms with Crippen molar-refractivity contribution in [2.24, 2.45) is 0 Å². The Balaban J connectivity index is 1.80. The first-order valence-electron chi connectivity index (χ1n) is 11.0. The van der Waals surface area contributed by atoms with Crippen LogP contribution < -0.4 is 44.9 Å². The minimum Gasteiger partial charge on any atom is -0.859 e. The number of aromatic nitrogens is 2. The molecular weight excluding hydrogens is 458 g/mol. The van der Waals surface area contributed by atoms with Gasteiger partial charge in [-0.15, -0.1) is 0 Å². The van der Waals surface area contributed by atoms with E-state index in [2.05, 4.69) is 4.98 Å². The molecule has 2 atom stereocenters. The first-order chi connectivity index (χ1) is 16.9. The molecule has 0 saturated heterocycles. The Morgan fingerprint density at radius 1 is 1.09 bits per heavy atom. The molecule has 0 amide bonds. The largest absolute Gasteiger partial charge is 0.859 e. The van der Waals surface area contributed by atoms with Crippen LogP contribution in [0, 0.1) is 0 Å². The van der Waals surface area contributed by atoms with Gasteiger partial charge in [0.05, 0.1) is 51.7 Å². The topological polar surface area (TPSA) is 129 Å². The molecule has 3 heterocycles. The van der Waals surface area contributed by atoms with Crippen LogP contribution in [-0.4, -0.2) is 51.3 Å². The van der Waals surface area contributed by atoms with E-state index in [4.69, 9.17) is 23.7 Å². The van der Waals surface area contributed by atoms with Crippen molar-refractivity contribution in [2.75, 3.05) is 41.7 Å². The highest BCUT2D eigenvalue weighted by atomic mass is 16.7. The molecule has 5 rings (SSSR count). The lowest BCUT2D eigenvalue weighted by Gasteiger charge is -2.35. The lowest BCUT2D eigenvalue weighted by atomic mass is 9.87. The summed E-state index contributed by atoms with van der Waals surface area (Å²) in [4.78, 5) is 29.3. The Hall–Kier alpha value is -4.12. The highest BCUT2D eigenvalue weighted by Crippen LogP contribution is 2.48. The number of fused-ring (bicyclic) bond motifs is 2. The summed E-state index contributed by atoms with van der Waals surface area (Å²) in [5.74, 6) is 1.34. The number of nitrogens with one attached hydrogen (secondary N) is 2. The monoisotopic (exact) mass is 483 g/mol. The molecule has 0 spiro atoms. The molecule has 0 radical (unpaired) electrons. The fourth-order valence-electron chi connectivity index (χ4n) is 4.89. The fraction of sp³-hybridized carbons (Fsp3) is 0.333. The van der Waals surface area contributed by atoms with Gasteiger partial charge < -0.3 is 33.7 Å². The van der Waals surface area contributed by atoms with Crippen molar-refractivity contribution in [3.05, 3.63) is 61.8 Å². The fourth-order valence-corrected chi connectivity index (χ4v) is 4.89. The van der Waals surface area contributed by atoms with Gasteiger partial charge in [0.25, 0.3) is 5.56 Å². The van der Waals surface area contributed by atoms with Crippen LogP contribution in [0.3, 0.4) is 0 Å². The van der Waals surface area contributed by atoms with Gasteiger partial charge in [-0.05, 0) is 29.6 Å². The van der Waals surface area contributed by atoms with Crippen molar-refractivity contribution in [3.63, 3.8) is 0 Å². The van der Waals surface area contributed by atoms with Crippen molar-refractivity contribution < 1.29 is 33.7 Å². The Morgan fingerprint density at radius 2 is 1.89 bits per heavy atom. The quantitative estimate of drug-likeness (QED) is 0.498. The molecule has 2 aromatic carbocycles. The number of benzene rings is 2. The van der Waals surface area contributed by atoms with Crippen LogP contribution >= 0.6 is 0 Å². The Labute approximate surface area is 200 Å². The van der Waals surface area contributed by atoms with E-state index in [1.54, 1.807) is 12.1 Å². The maximum absolute atomic E-state index is 13.9. The summed E-state index contributed by atoms with van der Waals surface area (Å²) >= 11 is 0. The van der Waals surface area contributed by atoms with Gasteiger partial charge in [0, 0.05) is 12.5 Å². The van der Waals surface area contributed by atoms with E-state index >= 15 is 0 Å². The van der Waals surface area contributed by atoms with E-state index < -0.39 is 23.2 Å². The number of H-pyrrole nitrogens is 1. The van der Waals surface area contributed by atoms with Crippen molar-refractivity contribution in [2.45, 2.75) is 12.5 Å². The average Bonchev–Trinajstić information content (AvgIpc) is 3.32. The van der Waals surface area contributed by atoms with Crippen molar-refractivity contribution in [1.29, 1.82) is 0 Å². The molecule has 0 aliphatic carbocycles. The molecule has 0 bridgehead atoms. The summed E-state index contributed by atoms with van der Waals surface area (Å²) in [5, 5.41) is 13.9. The predicted octanol–water partition coefficient (Wildman–Crippen LogP) is -0.486. The molecule has 2 N–H and O–H groups in total. The van der Waals surface area contributed by atoms with E-state index in [0.29, 0.717) is 41.5 Å². The molecule has 11 heteroatoms. The van der Waals surface area contributed by atoms with E-state index in [-0.39, 0.29) is 23.8 Å². The summed E-state index contributed by atoms with van der Waals surface area (Å²) < 4.78 is 28.4. The van der Waals surface area contributed by atoms with Crippen LogP contribution in [0.15, 0.2) is 33.9 Å². The lowest BCUT2D eigenvalue weighted by molar-refractivity contribution is -0.908. The minimum absolute atomic E-state index is 0.0514. The molecule has 2 aliphatic heterocycles. The van der Waals surface area contributed by atoms with Gasteiger partial charge in [-0.2, -0.15) is 0 Å². The van der Waals surface area contributed by atoms with Crippen LogP contribution in [0.25, 0.3) is 5.69 Å². The number of rotatable bonds is 5. The summed E-state index contributed by atoms with van der Waals surface area (Å²) in [6, 6.07) is 5.88. The van der Waals surface area contributed by atoms with Crippen LogP contribution in [0.4, 0.5) is 0 Å². The van der Waals surface area contributed by atoms with Gasteiger partial charge >= 0.3 is 5.69 Å². The molecule has 11 nitrogen and oxygen atoms in total. The Kier molecular flexibility index (Phi) is 5.56. The number of nitrogens with zero attached hydrogens (tertiary/aromatic N) is 1. The van der Waals surface area contributed by atoms with Gasteiger partial charge in [0.2, 0.25) is 12.5 Å². The zero-order valence-corrected chi connectivity index (χ0v) is 19.7. The molecule has 0 fully saturated rings. The van der Waals surface area contributed by atoms with Crippen molar-refractivity contribution in [1.82, 2.24) is 9.55 Å². The van der Waals surface area contributed by atoms with Crippen LogP contribution in [0.2, 0.25) is 0 Å². The zero-order valence-electron chi connectivity index (χ0n) is 19.7. The normalized spacial score (nSPS) is 18.2. The number of ether oxygens (including phenoxy) is 5. The van der Waals surface area contributed by atoms with Crippen LogP contribution in [0.5, 0.6) is 34.6 Å². The van der Waals surface area contributed by atoms with E-state index in [0.717, 1.165) is 15.0 Å². The third-order valence-electron chi connectivity index (χ3n) is 6.54. The maximum Gasteiger partial charge on any atom is 0.332 e. The first-order valence-corrected chi connectivity index (χ1v) is 11.0. The van der Waals surface area contributed by atoms with Crippen LogP contribution in [-0.2, 0) is 6.42 Å². The summed E-state index contributed by atoms with van der Waals surface area (Å²) in [5.41, 5.74) is -0.0180. The third kappa shape index (κ3) is 3.46. The Morgan fingerprint density at radius 3 is 2.60 bits per heavy atom. The number of hydrogen-bond donors (Lipinski definition) is 2. The summed E-state index contributed by atoms with van der Waals surface area (Å²) in [6.07, 6.45) is 0.681. The smallest absolute Gasteiger partial charge is 0.332 e. The molecule has 1 aromatic heterocycles. The highest BCUT2D eigenvalue weighted by molar-refractivity contribution is 5.63. The van der Waals surface area contributed by atoms with Crippen molar-refractivity contribution >= 4 is 0 Å². The van der Waals surface area contributed by atoms with Gasteiger partial charge in [-0.25, -0.2) is 4.79 Å². The number of aromatic amines is 1. The van der Waals surface area contributed by atoms with Gasteiger partial charge in [0.1, 0.15) is 17.5 Å². The maximum atomic E-state index is 13.9. The second kappa shape index (κ2) is 8.58. The van der Waals surface area contributed by atoms with E-state index in [9.17, 15) is 14.7 Å². The van der Waals surface area contributed by atoms with Crippen LogP contribution in [0.1, 0.15) is 22.7 Å². The molecule has 35 heavy (non-hydrogen) atoms. The number of hydrogen-bond acceptors (Lipinski definition) is 8. The zero-order chi connectivity index (χ0) is 24.9. The number of methoxy groups -OCH3 is 3. The second-order valence-electron chi connectivity index (χ2n) is 8.35. The molecule has 2 aliphatic rings. The third-order valence-corrected chi connectivity index (χ3v) is 6.54. The molecule has 2 unspecified atom stereocenters. The molecular formula is C24H25N3O8. The standard InChI is InChI=1S/C24H25N3O8/c1-26-8-7-12-9-16-20(35-11-34-16)21(33-4)17(12)19(26)18-22(28)25-24(30)27(23(18)29)14-10-13(31-2)5-6-15(14)32-3/h5-6,9-10,19,29H,7-8,11H2,1-4H3,(H,25,28,30). The van der Waals surface area contributed by atoms with Crippen molar-refractivity contribution in [3.8, 4) is 40.3 Å². The van der Waals surface area contributed by atoms with Gasteiger partial charge in [-0.1, -0.05) is 0 Å². The predicted molar refractivity (Wildman–Crippen MR) is 122 cm³/mol. The highest BCUT2D eigenvalue weighted by Gasteiger charge is 2.39. The second-order valence-corrected chi connectivity index (χ2v) is 8.35.